The van der Waals surface area contributed by atoms with Crippen LogP contribution in [0.15, 0.2) is 24.3 Å². The van der Waals surface area contributed by atoms with Crippen molar-refractivity contribution in [2.75, 3.05) is 0 Å². The van der Waals surface area contributed by atoms with Crippen molar-refractivity contribution in [3.63, 3.8) is 0 Å². The molecule has 1 aromatic carbocycles. The van der Waals surface area contributed by atoms with E-state index in [1.807, 2.05) is 12.1 Å². The minimum absolute atomic E-state index is 0. The molecule has 0 amide bonds. The Morgan fingerprint density at radius 1 is 1.18 bits per heavy atom. The first-order chi connectivity index (χ1) is 4.61. The molecule has 0 atom stereocenters. The number of rotatable bonds is 0. The Morgan fingerprint density at radius 3 is 2.09 bits per heavy atom. The van der Waals surface area contributed by atoms with Gasteiger partial charge in [0.05, 0.1) is 0 Å². The van der Waals surface area contributed by atoms with E-state index < -0.39 is 0 Å². The van der Waals surface area contributed by atoms with E-state index in [1.54, 1.807) is 0 Å². The van der Waals surface area contributed by atoms with Crippen LogP contribution in [0.2, 0.25) is 0 Å². The smallest absolute Gasteiger partial charge is 0 e. The Balaban J connectivity index is 0.000001000. The molecule has 0 saturated carbocycles. The molecule has 1 heteroatoms. The van der Waals surface area contributed by atoms with Gasteiger partial charge in [0.25, 0.3) is 0 Å². The molecular formula is C10H13Ni-. The molecule has 1 aromatic rings. The molecule has 0 aliphatic carbocycles. The van der Waals surface area contributed by atoms with Gasteiger partial charge in [0, 0.05) is 16.5 Å². The van der Waals surface area contributed by atoms with E-state index in [0.29, 0.717) is 0 Å². The summed E-state index contributed by atoms with van der Waals surface area (Å²) in [6.07, 6.45) is 0. The Morgan fingerprint density at radius 2 is 1.82 bits per heavy atom. The van der Waals surface area contributed by atoms with Crippen LogP contribution in [0.5, 0.6) is 0 Å². The molecule has 0 radical (unpaired) electrons. The Labute approximate surface area is 78.9 Å². The van der Waals surface area contributed by atoms with Gasteiger partial charge < -0.3 is 0 Å². The van der Waals surface area contributed by atoms with Crippen LogP contribution in [0.1, 0.15) is 26.3 Å². The number of hydrogen-bond donors (Lipinski definition) is 0. The fraction of sp³-hybridized carbons (Fsp3) is 0.400. The fourth-order valence-corrected chi connectivity index (χ4v) is 0.860. The largest absolute Gasteiger partial charge is 0.180 e. The summed E-state index contributed by atoms with van der Waals surface area (Å²) in [4.78, 5) is 0. The van der Waals surface area contributed by atoms with Gasteiger partial charge in [0.2, 0.25) is 0 Å². The van der Waals surface area contributed by atoms with E-state index in [-0.39, 0.29) is 21.9 Å². The standard InChI is InChI=1S/C10H13.Ni/c1-10(2,3)9-7-5-4-6-8-9;/h4-7H,1-3H3;/q-1;. The van der Waals surface area contributed by atoms with Crippen molar-refractivity contribution >= 4 is 0 Å². The Kier molecular flexibility index (Phi) is 3.82. The Bertz CT molecular complexity index is 196. The van der Waals surface area contributed by atoms with Gasteiger partial charge in [0.1, 0.15) is 0 Å². The minimum Gasteiger partial charge on any atom is -0.180 e. The molecular weight excluding hydrogens is 179 g/mol. The first-order valence-electron chi connectivity index (χ1n) is 3.58. The van der Waals surface area contributed by atoms with Crippen LogP contribution in [-0.2, 0) is 21.9 Å². The van der Waals surface area contributed by atoms with Crippen molar-refractivity contribution in [2.24, 2.45) is 0 Å². The van der Waals surface area contributed by atoms with Crippen LogP contribution in [-0.4, -0.2) is 0 Å². The van der Waals surface area contributed by atoms with Crippen molar-refractivity contribution in [1.29, 1.82) is 0 Å². The molecule has 0 aromatic heterocycles. The summed E-state index contributed by atoms with van der Waals surface area (Å²) in [7, 11) is 0. The normalized spacial score (nSPS) is 10.5. The van der Waals surface area contributed by atoms with Crippen molar-refractivity contribution in [3.05, 3.63) is 35.9 Å². The van der Waals surface area contributed by atoms with E-state index in [4.69, 9.17) is 0 Å². The SMILES string of the molecule is CC(C)(C)c1[c-]cccc1.[Ni]. The summed E-state index contributed by atoms with van der Waals surface area (Å²) in [5, 5.41) is 0. The van der Waals surface area contributed by atoms with Crippen LogP contribution in [0, 0.1) is 6.07 Å². The molecule has 0 aliphatic rings. The second kappa shape index (κ2) is 3.92. The molecule has 0 fully saturated rings. The second-order valence-electron chi connectivity index (χ2n) is 3.53. The first-order valence-corrected chi connectivity index (χ1v) is 3.58. The molecule has 64 valence electrons. The quantitative estimate of drug-likeness (QED) is 0.437. The molecule has 0 aliphatic heterocycles. The second-order valence-corrected chi connectivity index (χ2v) is 3.53. The summed E-state index contributed by atoms with van der Waals surface area (Å²) >= 11 is 0. The third kappa shape index (κ3) is 3.07. The third-order valence-corrected chi connectivity index (χ3v) is 1.52. The van der Waals surface area contributed by atoms with Crippen LogP contribution < -0.4 is 0 Å². The van der Waals surface area contributed by atoms with E-state index in [0.717, 1.165) is 0 Å². The van der Waals surface area contributed by atoms with Crippen molar-refractivity contribution in [2.45, 2.75) is 26.2 Å². The van der Waals surface area contributed by atoms with Crippen molar-refractivity contribution in [1.82, 2.24) is 0 Å². The molecule has 0 N–H and O–H groups in total. The zero-order chi connectivity index (χ0) is 7.61. The third-order valence-electron chi connectivity index (χ3n) is 1.52. The van der Waals surface area contributed by atoms with Gasteiger partial charge in [-0.25, -0.2) is 0 Å². The van der Waals surface area contributed by atoms with Crippen molar-refractivity contribution in [3.8, 4) is 0 Å². The maximum absolute atomic E-state index is 3.21. The van der Waals surface area contributed by atoms with Crippen LogP contribution in [0.3, 0.4) is 0 Å². The van der Waals surface area contributed by atoms with Gasteiger partial charge in [-0.05, 0) is 5.41 Å². The zero-order valence-electron chi connectivity index (χ0n) is 7.13. The fourth-order valence-electron chi connectivity index (χ4n) is 0.860. The molecule has 0 nitrogen and oxygen atoms in total. The maximum Gasteiger partial charge on any atom is 0 e. The number of hydrogen-bond acceptors (Lipinski definition) is 0. The topological polar surface area (TPSA) is 0 Å². The van der Waals surface area contributed by atoms with E-state index in [9.17, 15) is 0 Å². The van der Waals surface area contributed by atoms with Gasteiger partial charge in [0.15, 0.2) is 0 Å². The van der Waals surface area contributed by atoms with E-state index in [1.165, 1.54) is 5.56 Å². The first kappa shape index (κ1) is 10.7. The van der Waals surface area contributed by atoms with Gasteiger partial charge in [-0.15, -0.1) is 0 Å². The van der Waals surface area contributed by atoms with Crippen molar-refractivity contribution < 1.29 is 16.5 Å². The molecule has 0 heterocycles. The summed E-state index contributed by atoms with van der Waals surface area (Å²) in [6.45, 7) is 6.58. The Hall–Kier alpha value is -0.286. The molecule has 0 unspecified atom stereocenters. The maximum atomic E-state index is 3.21. The number of benzene rings is 1. The van der Waals surface area contributed by atoms with Crippen LogP contribution in [0.4, 0.5) is 0 Å². The van der Waals surface area contributed by atoms with Gasteiger partial charge in [-0.3, -0.25) is 0 Å². The van der Waals surface area contributed by atoms with Gasteiger partial charge in [-0.1, -0.05) is 20.8 Å². The van der Waals surface area contributed by atoms with E-state index in [2.05, 4.69) is 39.0 Å². The average Bonchev–Trinajstić information content (AvgIpc) is 1.88. The van der Waals surface area contributed by atoms with Gasteiger partial charge in [-0.2, -0.15) is 35.9 Å². The van der Waals surface area contributed by atoms with Gasteiger partial charge >= 0.3 is 0 Å². The predicted molar refractivity (Wildman–Crippen MR) is 44.0 cm³/mol. The molecule has 0 bridgehead atoms. The monoisotopic (exact) mass is 191 g/mol. The summed E-state index contributed by atoms with van der Waals surface area (Å²) in [5.41, 5.74) is 1.51. The summed E-state index contributed by atoms with van der Waals surface area (Å²) in [5.74, 6) is 0. The van der Waals surface area contributed by atoms with Crippen LogP contribution >= 0.6 is 0 Å². The molecule has 0 saturated heterocycles. The van der Waals surface area contributed by atoms with Crippen LogP contribution in [0.25, 0.3) is 0 Å². The summed E-state index contributed by atoms with van der Waals surface area (Å²) in [6, 6.07) is 11.3. The average molecular weight is 192 g/mol. The molecule has 0 spiro atoms. The van der Waals surface area contributed by atoms with E-state index >= 15 is 0 Å². The molecule has 1 rings (SSSR count). The molecule has 11 heavy (non-hydrogen) atoms. The summed E-state index contributed by atoms with van der Waals surface area (Å²) < 4.78 is 0. The predicted octanol–water partition coefficient (Wildman–Crippen LogP) is 2.78. The minimum atomic E-state index is 0. The zero-order valence-corrected chi connectivity index (χ0v) is 8.11.